The average molecular weight is 441 g/mol. The number of anilines is 1. The van der Waals surface area contributed by atoms with Crippen LogP contribution in [0.1, 0.15) is 29.9 Å². The van der Waals surface area contributed by atoms with E-state index in [1.54, 1.807) is 24.3 Å². The van der Waals surface area contributed by atoms with Gasteiger partial charge in [0.25, 0.3) is 11.1 Å². The van der Waals surface area contributed by atoms with Gasteiger partial charge >= 0.3 is 11.7 Å². The Morgan fingerprint density at radius 1 is 1.16 bits per heavy atom. The van der Waals surface area contributed by atoms with Crippen LogP contribution in [0.25, 0.3) is 10.8 Å². The molecule has 3 aromatic rings. The van der Waals surface area contributed by atoms with Crippen molar-refractivity contribution in [3.63, 3.8) is 0 Å². The summed E-state index contributed by atoms with van der Waals surface area (Å²) in [6.45, 7) is 3.19. The molecule has 1 aromatic carbocycles. The molecule has 168 valence electrons. The Balaban J connectivity index is 1.81. The van der Waals surface area contributed by atoms with Crippen molar-refractivity contribution in [3.05, 3.63) is 66.7 Å². The van der Waals surface area contributed by atoms with Gasteiger partial charge in [0, 0.05) is 19.0 Å². The highest BCUT2D eigenvalue weighted by molar-refractivity contribution is 6.01. The van der Waals surface area contributed by atoms with Crippen LogP contribution in [0.4, 0.5) is 5.82 Å². The van der Waals surface area contributed by atoms with Crippen LogP contribution in [0.3, 0.4) is 0 Å². The minimum atomic E-state index is -0.859. The summed E-state index contributed by atoms with van der Waals surface area (Å²) in [4.78, 5) is 61.6. The molecule has 0 saturated heterocycles. The summed E-state index contributed by atoms with van der Waals surface area (Å²) in [7, 11) is 1.25. The number of aromatic nitrogens is 4. The molecule has 2 aromatic heterocycles. The van der Waals surface area contributed by atoms with Crippen molar-refractivity contribution in [3.8, 4) is 0 Å². The number of nitrogens with one attached hydrogen (secondary N) is 1. The molecule has 0 atom stereocenters. The molecule has 0 aliphatic heterocycles. The molecule has 3 rings (SSSR count). The zero-order valence-corrected chi connectivity index (χ0v) is 17.9. The van der Waals surface area contributed by atoms with E-state index in [-0.39, 0.29) is 30.4 Å². The number of nitrogens with two attached hydrogens (primary N) is 1. The van der Waals surface area contributed by atoms with Gasteiger partial charge in [0.1, 0.15) is 11.4 Å². The van der Waals surface area contributed by atoms with Crippen molar-refractivity contribution >= 4 is 28.3 Å². The molecule has 11 heteroatoms. The molecule has 0 aliphatic rings. The lowest BCUT2D eigenvalue weighted by Crippen LogP contribution is -2.43. The first-order chi connectivity index (χ1) is 15.1. The first kappa shape index (κ1) is 22.7. The van der Waals surface area contributed by atoms with Crippen LogP contribution in [0.2, 0.25) is 0 Å². The molecule has 11 nitrogen and oxygen atoms in total. The molecular formula is C21H23N5O6. The van der Waals surface area contributed by atoms with E-state index in [1.165, 1.54) is 7.05 Å². The number of nitrogens with zero attached hydrogens (tertiary/aromatic N) is 3. The number of ketones is 1. The van der Waals surface area contributed by atoms with E-state index in [1.807, 2.05) is 13.8 Å². The molecule has 0 fully saturated rings. The van der Waals surface area contributed by atoms with Crippen molar-refractivity contribution in [1.82, 2.24) is 19.3 Å². The fourth-order valence-corrected chi connectivity index (χ4v) is 3.30. The van der Waals surface area contributed by atoms with E-state index < -0.39 is 40.7 Å². The fraction of sp³-hybridized carbons (Fsp3) is 0.333. The van der Waals surface area contributed by atoms with Gasteiger partial charge in [-0.1, -0.05) is 32.0 Å². The smallest absolute Gasteiger partial charge is 0.332 e. The third kappa shape index (κ3) is 4.36. The second-order valence-corrected chi connectivity index (χ2v) is 7.72. The molecule has 2 heterocycles. The number of rotatable bonds is 7. The number of benzene rings is 1. The number of hydrogen-bond donors (Lipinski definition) is 2. The average Bonchev–Trinajstić information content (AvgIpc) is 2.76. The minimum absolute atomic E-state index is 0.0351. The summed E-state index contributed by atoms with van der Waals surface area (Å²) in [5.41, 5.74) is 3.94. The van der Waals surface area contributed by atoms with E-state index in [0.717, 1.165) is 9.13 Å². The van der Waals surface area contributed by atoms with Crippen LogP contribution in [-0.2, 0) is 29.5 Å². The van der Waals surface area contributed by atoms with Gasteiger partial charge in [-0.15, -0.1) is 0 Å². The Hall–Kier alpha value is -4.02. The molecule has 0 bridgehead atoms. The standard InChI is InChI=1S/C21H23N5O6/c1-11(2)9-26-18(22)17(20(30)25(3)21(26)31)15(27)10-32-16(28)8-14-12-6-4-5-7-13(12)19(29)24-23-14/h4-7,11H,8-10,22H2,1-3H3,(H,24,29). The van der Waals surface area contributed by atoms with Gasteiger partial charge in [-0.3, -0.25) is 28.3 Å². The Bertz CT molecular complexity index is 1380. The maximum absolute atomic E-state index is 12.7. The van der Waals surface area contributed by atoms with E-state index in [9.17, 15) is 24.0 Å². The van der Waals surface area contributed by atoms with E-state index in [2.05, 4.69) is 10.2 Å². The maximum Gasteiger partial charge on any atom is 0.332 e. The molecule has 32 heavy (non-hydrogen) atoms. The lowest BCUT2D eigenvalue weighted by molar-refractivity contribution is -0.141. The number of Topliss-reactive ketones (excluding diaryl/α,β-unsaturated/α-hetero) is 1. The predicted molar refractivity (Wildman–Crippen MR) is 117 cm³/mol. The molecule has 3 N–H and O–H groups in total. The highest BCUT2D eigenvalue weighted by atomic mass is 16.5. The number of hydrogen-bond acceptors (Lipinski definition) is 8. The van der Waals surface area contributed by atoms with Crippen molar-refractivity contribution in [2.24, 2.45) is 13.0 Å². The normalized spacial score (nSPS) is 11.1. The van der Waals surface area contributed by atoms with Gasteiger partial charge < -0.3 is 10.5 Å². The summed E-state index contributed by atoms with van der Waals surface area (Å²) < 4.78 is 6.98. The molecule has 0 saturated carbocycles. The van der Waals surface area contributed by atoms with E-state index in [0.29, 0.717) is 10.8 Å². The predicted octanol–water partition coefficient (Wildman–Crippen LogP) is -0.00970. The lowest BCUT2D eigenvalue weighted by Gasteiger charge is -2.16. The zero-order chi connectivity index (χ0) is 23.6. The summed E-state index contributed by atoms with van der Waals surface area (Å²) in [6.07, 6.45) is -0.301. The summed E-state index contributed by atoms with van der Waals surface area (Å²) in [6, 6.07) is 6.63. The first-order valence-corrected chi connectivity index (χ1v) is 9.86. The number of carbonyl (C=O) groups is 2. The summed E-state index contributed by atoms with van der Waals surface area (Å²) in [5, 5.41) is 7.05. The minimum Gasteiger partial charge on any atom is -0.457 e. The topological polar surface area (TPSA) is 159 Å². The molecular weight excluding hydrogens is 418 g/mol. The molecule has 0 radical (unpaired) electrons. The van der Waals surface area contributed by atoms with Crippen LogP contribution < -0.4 is 22.5 Å². The first-order valence-electron chi connectivity index (χ1n) is 9.86. The number of ether oxygens (including phenoxy) is 1. The molecule has 0 unspecified atom stereocenters. The van der Waals surface area contributed by atoms with Crippen molar-refractivity contribution in [2.75, 3.05) is 12.3 Å². The zero-order valence-electron chi connectivity index (χ0n) is 17.9. The van der Waals surface area contributed by atoms with Crippen LogP contribution in [-0.4, -0.2) is 37.7 Å². The number of nitrogen functional groups attached to an aromatic ring is 1. The number of fused-ring (bicyclic) bond motifs is 1. The van der Waals surface area contributed by atoms with E-state index >= 15 is 0 Å². The van der Waals surface area contributed by atoms with Gasteiger partial charge in [0.05, 0.1) is 17.5 Å². The van der Waals surface area contributed by atoms with Gasteiger partial charge in [0.2, 0.25) is 5.78 Å². The third-order valence-electron chi connectivity index (χ3n) is 4.86. The van der Waals surface area contributed by atoms with Gasteiger partial charge in [-0.05, 0) is 12.0 Å². The number of aromatic amines is 1. The van der Waals surface area contributed by atoms with Crippen LogP contribution in [0.5, 0.6) is 0 Å². The SMILES string of the molecule is CC(C)Cn1c(N)c(C(=O)COC(=O)Cc2n[nH]c(=O)c3ccccc23)c(=O)n(C)c1=O. The number of carbonyl (C=O) groups excluding carboxylic acids is 2. The van der Waals surface area contributed by atoms with Crippen molar-refractivity contribution in [1.29, 1.82) is 0 Å². The van der Waals surface area contributed by atoms with E-state index in [4.69, 9.17) is 10.5 Å². The van der Waals surface area contributed by atoms with Crippen molar-refractivity contribution < 1.29 is 14.3 Å². The second-order valence-electron chi connectivity index (χ2n) is 7.72. The molecule has 0 amide bonds. The Kier molecular flexibility index (Phi) is 6.37. The summed E-state index contributed by atoms with van der Waals surface area (Å²) >= 11 is 0. The highest BCUT2D eigenvalue weighted by Gasteiger charge is 2.23. The molecule has 0 aliphatic carbocycles. The number of H-pyrrole nitrogens is 1. The Morgan fingerprint density at radius 2 is 1.81 bits per heavy atom. The maximum atomic E-state index is 12.7. The molecule has 0 spiro atoms. The fourth-order valence-electron chi connectivity index (χ4n) is 3.30. The highest BCUT2D eigenvalue weighted by Crippen LogP contribution is 2.13. The van der Waals surface area contributed by atoms with Crippen molar-refractivity contribution in [2.45, 2.75) is 26.8 Å². The van der Waals surface area contributed by atoms with Crippen LogP contribution >= 0.6 is 0 Å². The van der Waals surface area contributed by atoms with Gasteiger partial charge in [-0.25, -0.2) is 9.89 Å². The lowest BCUT2D eigenvalue weighted by atomic mass is 10.1. The quantitative estimate of drug-likeness (QED) is 0.382. The van der Waals surface area contributed by atoms with Crippen LogP contribution in [0, 0.1) is 5.92 Å². The van der Waals surface area contributed by atoms with Gasteiger partial charge in [0.15, 0.2) is 6.61 Å². The summed E-state index contributed by atoms with van der Waals surface area (Å²) in [5.74, 6) is -1.84. The monoisotopic (exact) mass is 441 g/mol. The van der Waals surface area contributed by atoms with Gasteiger partial charge in [-0.2, -0.15) is 5.10 Å². The van der Waals surface area contributed by atoms with Crippen LogP contribution in [0.15, 0.2) is 38.6 Å². The largest absolute Gasteiger partial charge is 0.457 e. The Labute approximate surface area is 181 Å². The second kappa shape index (κ2) is 9.00. The third-order valence-corrected chi connectivity index (χ3v) is 4.86. The Morgan fingerprint density at radius 3 is 2.47 bits per heavy atom. The number of esters is 1.